The number of urea groups is 1. The minimum atomic E-state index is -3.85. The van der Waals surface area contributed by atoms with Gasteiger partial charge >= 0.3 is 6.03 Å². The number of nitrogens with one attached hydrogen (secondary N) is 1. The molecule has 13 heteroatoms. The van der Waals surface area contributed by atoms with Gasteiger partial charge in [0.25, 0.3) is 0 Å². The Morgan fingerprint density at radius 1 is 1.09 bits per heavy atom. The Labute approximate surface area is 247 Å². The SMILES string of the molecule is Cc1ccnc(C2CC2C(=O)Nc2cccc(S(=O)(=O)Cc3cn4cc(C5CC5)cc(N5CC(=O)N(C)C5=O)c4n3)c2)n1. The van der Waals surface area contributed by atoms with E-state index in [4.69, 9.17) is 0 Å². The first-order chi connectivity index (χ1) is 20.6. The molecule has 2 aliphatic carbocycles. The number of aryl methyl sites for hydroxylation is 1. The third-order valence-corrected chi connectivity index (χ3v) is 9.85. The molecule has 0 spiro atoms. The van der Waals surface area contributed by atoms with Crippen LogP contribution in [0.2, 0.25) is 0 Å². The molecule has 4 heterocycles. The summed E-state index contributed by atoms with van der Waals surface area (Å²) in [6, 6.07) is 9.42. The number of sulfone groups is 1. The van der Waals surface area contributed by atoms with Gasteiger partial charge in [0.1, 0.15) is 12.4 Å². The summed E-state index contributed by atoms with van der Waals surface area (Å²) in [5, 5.41) is 2.84. The predicted octanol–water partition coefficient (Wildman–Crippen LogP) is 3.42. The van der Waals surface area contributed by atoms with E-state index in [1.54, 1.807) is 35.0 Å². The number of rotatable bonds is 8. The second kappa shape index (κ2) is 9.97. The Balaban J connectivity index is 1.11. The van der Waals surface area contributed by atoms with E-state index < -0.39 is 15.9 Å². The number of fused-ring (bicyclic) bond motifs is 1. The van der Waals surface area contributed by atoms with Crippen LogP contribution in [-0.2, 0) is 25.2 Å². The molecule has 3 fully saturated rings. The minimum Gasteiger partial charge on any atom is -0.326 e. The zero-order valence-corrected chi connectivity index (χ0v) is 24.4. The van der Waals surface area contributed by atoms with Gasteiger partial charge in [-0.2, -0.15) is 0 Å². The molecular weight excluding hydrogens is 570 g/mol. The molecule has 1 saturated heterocycles. The molecule has 1 aromatic carbocycles. The first-order valence-corrected chi connectivity index (χ1v) is 15.8. The maximum Gasteiger partial charge on any atom is 0.331 e. The van der Waals surface area contributed by atoms with E-state index in [1.165, 1.54) is 24.1 Å². The fourth-order valence-electron chi connectivity index (χ4n) is 5.54. The summed E-state index contributed by atoms with van der Waals surface area (Å²) in [4.78, 5) is 53.7. The van der Waals surface area contributed by atoms with Crippen LogP contribution in [-0.4, -0.2) is 64.1 Å². The van der Waals surface area contributed by atoms with E-state index in [1.807, 2.05) is 19.2 Å². The molecule has 3 aliphatic rings. The van der Waals surface area contributed by atoms with Crippen LogP contribution in [0.5, 0.6) is 0 Å². The molecule has 0 bridgehead atoms. The van der Waals surface area contributed by atoms with Crippen molar-refractivity contribution in [3.63, 3.8) is 0 Å². The number of pyridine rings is 1. The fraction of sp³-hybridized carbons (Fsp3) is 0.333. The lowest BCUT2D eigenvalue weighted by molar-refractivity contribution is -0.124. The summed E-state index contributed by atoms with van der Waals surface area (Å²) >= 11 is 0. The van der Waals surface area contributed by atoms with Crippen LogP contribution in [0.4, 0.5) is 16.2 Å². The number of anilines is 2. The van der Waals surface area contributed by atoms with Gasteiger partial charge in [-0.25, -0.2) is 28.2 Å². The Hall–Kier alpha value is -4.65. The van der Waals surface area contributed by atoms with Gasteiger partial charge in [-0.3, -0.25) is 19.4 Å². The second-order valence-electron chi connectivity index (χ2n) is 11.5. The van der Waals surface area contributed by atoms with Gasteiger partial charge < -0.3 is 9.72 Å². The lowest BCUT2D eigenvalue weighted by atomic mass is 10.1. The number of carbonyl (C=O) groups is 3. The maximum absolute atomic E-state index is 13.5. The number of imidazole rings is 1. The summed E-state index contributed by atoms with van der Waals surface area (Å²) < 4.78 is 28.7. The van der Waals surface area contributed by atoms with Crippen LogP contribution in [0, 0.1) is 12.8 Å². The second-order valence-corrected chi connectivity index (χ2v) is 13.5. The highest BCUT2D eigenvalue weighted by Crippen LogP contribution is 2.46. The van der Waals surface area contributed by atoms with Crippen LogP contribution in [0.1, 0.15) is 53.9 Å². The molecule has 7 rings (SSSR count). The Bertz CT molecular complexity index is 1930. The number of hydrogen-bond acceptors (Lipinski definition) is 8. The van der Waals surface area contributed by atoms with Crippen molar-refractivity contribution in [1.29, 1.82) is 0 Å². The highest BCUT2D eigenvalue weighted by atomic mass is 32.2. The van der Waals surface area contributed by atoms with Gasteiger partial charge in [0.05, 0.1) is 22.0 Å². The first kappa shape index (κ1) is 27.2. The smallest absolute Gasteiger partial charge is 0.326 e. The largest absolute Gasteiger partial charge is 0.331 e. The molecule has 4 aromatic rings. The summed E-state index contributed by atoms with van der Waals surface area (Å²) in [7, 11) is -2.41. The standard InChI is InChI=1S/C30H29N7O5S/c1-17-8-9-31-27(32-17)23-12-24(23)29(39)34-20-4-3-5-22(11-20)43(41,42)16-21-14-36-13-19(18-6-7-18)10-25(28(36)33-21)37-15-26(38)35(2)30(37)40/h3-5,8-11,13-14,18,23-24H,6-7,12,15-16H2,1-2H3,(H,34,39). The highest BCUT2D eigenvalue weighted by molar-refractivity contribution is 7.90. The van der Waals surface area contributed by atoms with Crippen molar-refractivity contribution in [2.24, 2.45) is 5.92 Å². The zero-order valence-electron chi connectivity index (χ0n) is 23.6. The van der Waals surface area contributed by atoms with Crippen LogP contribution in [0.3, 0.4) is 0 Å². The monoisotopic (exact) mass is 599 g/mol. The molecule has 2 unspecified atom stereocenters. The number of aromatic nitrogens is 4. The normalized spacial score (nSPS) is 20.2. The van der Waals surface area contributed by atoms with E-state index in [2.05, 4.69) is 20.3 Å². The molecule has 1 N–H and O–H groups in total. The number of hydrogen-bond donors (Lipinski definition) is 1. The highest BCUT2D eigenvalue weighted by Gasteiger charge is 2.46. The molecule has 43 heavy (non-hydrogen) atoms. The van der Waals surface area contributed by atoms with Crippen molar-refractivity contribution >= 4 is 44.7 Å². The van der Waals surface area contributed by atoms with Crippen LogP contribution < -0.4 is 10.2 Å². The fourth-order valence-corrected chi connectivity index (χ4v) is 6.83. The Morgan fingerprint density at radius 3 is 2.63 bits per heavy atom. The third kappa shape index (κ3) is 5.13. The molecule has 2 atom stereocenters. The van der Waals surface area contributed by atoms with Gasteiger partial charge in [-0.05, 0) is 68.0 Å². The summed E-state index contributed by atoms with van der Waals surface area (Å²) in [5.41, 5.74) is 3.42. The van der Waals surface area contributed by atoms with Gasteiger partial charge in [-0.15, -0.1) is 0 Å². The first-order valence-electron chi connectivity index (χ1n) is 14.1. The van der Waals surface area contributed by atoms with E-state index in [0.717, 1.165) is 29.0 Å². The van der Waals surface area contributed by atoms with Gasteiger partial charge in [-0.1, -0.05) is 6.07 Å². The summed E-state index contributed by atoms with van der Waals surface area (Å²) in [6.45, 7) is 1.78. The molecule has 1 aliphatic heterocycles. The third-order valence-electron chi connectivity index (χ3n) is 8.20. The summed E-state index contributed by atoms with van der Waals surface area (Å²) in [6.07, 6.45) is 7.94. The van der Waals surface area contributed by atoms with Crippen LogP contribution >= 0.6 is 0 Å². The maximum atomic E-state index is 13.5. The van der Waals surface area contributed by atoms with Crippen LogP contribution in [0.15, 0.2) is 59.9 Å². The van der Waals surface area contributed by atoms with Crippen LogP contribution in [0.25, 0.3) is 5.65 Å². The number of nitrogens with zero attached hydrogens (tertiary/aromatic N) is 6. The molecule has 3 aromatic heterocycles. The number of benzene rings is 1. The van der Waals surface area contributed by atoms with Crippen molar-refractivity contribution in [3.8, 4) is 0 Å². The lowest BCUT2D eigenvalue weighted by Crippen LogP contribution is -2.30. The average molecular weight is 600 g/mol. The van der Waals surface area contributed by atoms with Gasteiger partial charge in [0.15, 0.2) is 15.5 Å². The van der Waals surface area contributed by atoms with E-state index in [0.29, 0.717) is 40.9 Å². The molecule has 12 nitrogen and oxygen atoms in total. The van der Waals surface area contributed by atoms with Crippen molar-refractivity contribution in [3.05, 3.63) is 77.8 Å². The topological polar surface area (TPSA) is 147 Å². The van der Waals surface area contributed by atoms with Crippen molar-refractivity contribution in [1.82, 2.24) is 24.3 Å². The zero-order chi connectivity index (χ0) is 30.0. The lowest BCUT2D eigenvalue weighted by Gasteiger charge is -2.17. The Morgan fingerprint density at radius 2 is 1.91 bits per heavy atom. The molecule has 2 saturated carbocycles. The van der Waals surface area contributed by atoms with Gasteiger partial charge in [0.2, 0.25) is 11.8 Å². The number of carbonyl (C=O) groups excluding carboxylic acids is 3. The van der Waals surface area contributed by atoms with E-state index in [9.17, 15) is 22.8 Å². The number of likely N-dealkylation sites (N-methyl/N-ethyl adjacent to an activating group) is 1. The van der Waals surface area contributed by atoms with Gasteiger partial charge in [0, 0.05) is 48.9 Å². The minimum absolute atomic E-state index is 0.0533. The van der Waals surface area contributed by atoms with Crippen molar-refractivity contribution in [2.75, 3.05) is 23.8 Å². The molecule has 4 amide bonds. The molecule has 0 radical (unpaired) electrons. The van der Waals surface area contributed by atoms with E-state index in [-0.39, 0.29) is 40.8 Å². The van der Waals surface area contributed by atoms with Crippen molar-refractivity contribution in [2.45, 2.75) is 48.7 Å². The number of amides is 4. The predicted molar refractivity (Wildman–Crippen MR) is 156 cm³/mol. The average Bonchev–Trinajstić information content (AvgIpc) is 3.90. The van der Waals surface area contributed by atoms with E-state index >= 15 is 0 Å². The number of imide groups is 1. The molecular formula is C30H29N7O5S. The Kier molecular flexibility index (Phi) is 6.31. The molecule has 220 valence electrons. The quantitative estimate of drug-likeness (QED) is 0.303. The van der Waals surface area contributed by atoms with Crippen molar-refractivity contribution < 1.29 is 22.8 Å². The summed E-state index contributed by atoms with van der Waals surface area (Å²) in [5.74, 6) is -0.228.